The van der Waals surface area contributed by atoms with E-state index in [4.69, 9.17) is 5.26 Å². The van der Waals surface area contributed by atoms with E-state index in [0.29, 0.717) is 23.7 Å². The highest BCUT2D eigenvalue weighted by Gasteiger charge is 2.38. The Labute approximate surface area is 146 Å². The van der Waals surface area contributed by atoms with Crippen molar-refractivity contribution in [3.05, 3.63) is 35.4 Å². The second kappa shape index (κ2) is 7.71. The van der Waals surface area contributed by atoms with Gasteiger partial charge in [-0.2, -0.15) is 5.26 Å². The fourth-order valence-corrected chi connectivity index (χ4v) is 4.51. The predicted octanol–water partition coefficient (Wildman–Crippen LogP) is 2.27. The number of nitrogens with one attached hydrogen (secondary N) is 1. The average Bonchev–Trinajstić information content (AvgIpc) is 3.30. The fraction of sp³-hybridized carbons (Fsp3) is 0.500. The van der Waals surface area contributed by atoms with Gasteiger partial charge in [0.2, 0.25) is 11.8 Å². The van der Waals surface area contributed by atoms with E-state index in [1.165, 1.54) is 0 Å². The summed E-state index contributed by atoms with van der Waals surface area (Å²) in [5.41, 5.74) is 1.47. The summed E-state index contributed by atoms with van der Waals surface area (Å²) < 4.78 is 0. The molecule has 3 rings (SSSR count). The van der Waals surface area contributed by atoms with E-state index in [9.17, 15) is 9.59 Å². The highest BCUT2D eigenvalue weighted by Crippen LogP contribution is 2.30. The molecule has 5 nitrogen and oxygen atoms in total. The van der Waals surface area contributed by atoms with Gasteiger partial charge in [0.05, 0.1) is 17.5 Å². The molecule has 0 radical (unpaired) electrons. The Morgan fingerprint density at radius 2 is 2.12 bits per heavy atom. The van der Waals surface area contributed by atoms with E-state index < -0.39 is 0 Å². The first-order valence-electron chi connectivity index (χ1n) is 8.34. The van der Waals surface area contributed by atoms with Crippen LogP contribution in [-0.2, 0) is 16.1 Å². The molecule has 6 heteroatoms. The van der Waals surface area contributed by atoms with Crippen molar-refractivity contribution in [2.45, 2.75) is 38.3 Å². The molecule has 1 N–H and O–H groups in total. The van der Waals surface area contributed by atoms with Crippen LogP contribution in [-0.4, -0.2) is 34.4 Å². The van der Waals surface area contributed by atoms with E-state index >= 15 is 0 Å². The molecule has 2 fully saturated rings. The monoisotopic (exact) mass is 343 g/mol. The van der Waals surface area contributed by atoms with Crippen molar-refractivity contribution in [2.75, 3.05) is 11.6 Å². The van der Waals surface area contributed by atoms with Gasteiger partial charge in [0.25, 0.3) is 0 Å². The summed E-state index contributed by atoms with van der Waals surface area (Å²) in [6, 6.07) is 8.92. The summed E-state index contributed by atoms with van der Waals surface area (Å²) in [5.74, 6) is 1.41. The molecule has 1 saturated heterocycles. The van der Waals surface area contributed by atoms with E-state index in [-0.39, 0.29) is 23.8 Å². The van der Waals surface area contributed by atoms with Crippen LogP contribution < -0.4 is 5.32 Å². The standard InChI is InChI=1S/C18H21N3O2S/c19-9-13-4-3-5-14(8-13)10-20-17(22)16-11-24-12-21(16)18(23)15-6-1-2-7-15/h3-5,8,15-16H,1-2,6-7,10-12H2,(H,20,22)/t16-/m1/s1. The molecular weight excluding hydrogens is 322 g/mol. The highest BCUT2D eigenvalue weighted by atomic mass is 32.2. The van der Waals surface area contributed by atoms with Crippen molar-refractivity contribution in [1.29, 1.82) is 5.26 Å². The largest absolute Gasteiger partial charge is 0.350 e. The zero-order chi connectivity index (χ0) is 16.9. The minimum absolute atomic E-state index is 0.103. The highest BCUT2D eigenvalue weighted by molar-refractivity contribution is 7.99. The van der Waals surface area contributed by atoms with Crippen molar-refractivity contribution in [3.8, 4) is 6.07 Å². The zero-order valence-corrected chi connectivity index (χ0v) is 14.3. The maximum Gasteiger partial charge on any atom is 0.243 e. The Bertz CT molecular complexity index is 664. The van der Waals surface area contributed by atoms with Crippen LogP contribution in [0.5, 0.6) is 0 Å². The van der Waals surface area contributed by atoms with Gasteiger partial charge in [-0.25, -0.2) is 0 Å². The lowest BCUT2D eigenvalue weighted by molar-refractivity contribution is -0.141. The molecule has 2 aliphatic rings. The molecule has 2 amide bonds. The number of amides is 2. The molecular formula is C18H21N3O2S. The van der Waals surface area contributed by atoms with Crippen LogP contribution >= 0.6 is 11.8 Å². The van der Waals surface area contributed by atoms with Gasteiger partial charge in [0.15, 0.2) is 0 Å². The maximum atomic E-state index is 12.6. The number of rotatable bonds is 4. The Balaban J connectivity index is 1.59. The van der Waals surface area contributed by atoms with Gasteiger partial charge in [-0.05, 0) is 30.5 Å². The molecule has 1 aromatic carbocycles. The Kier molecular flexibility index (Phi) is 5.41. The Morgan fingerprint density at radius 3 is 2.88 bits per heavy atom. The third-order valence-electron chi connectivity index (χ3n) is 4.70. The molecule has 0 aromatic heterocycles. The van der Waals surface area contributed by atoms with Crippen molar-refractivity contribution in [3.63, 3.8) is 0 Å². The first kappa shape index (κ1) is 16.8. The van der Waals surface area contributed by atoms with Crippen LogP contribution in [0.4, 0.5) is 0 Å². The average molecular weight is 343 g/mol. The quantitative estimate of drug-likeness (QED) is 0.910. The first-order chi connectivity index (χ1) is 11.7. The van der Waals surface area contributed by atoms with E-state index in [0.717, 1.165) is 31.2 Å². The number of hydrogen-bond donors (Lipinski definition) is 1. The van der Waals surface area contributed by atoms with E-state index in [1.807, 2.05) is 6.07 Å². The SMILES string of the molecule is N#Cc1cccc(CNC(=O)[C@H]2CSCN2C(=O)C2CCCC2)c1. The molecule has 1 atom stereocenters. The normalized spacial score (nSPS) is 20.8. The molecule has 1 aliphatic carbocycles. The summed E-state index contributed by atoms with van der Waals surface area (Å²) in [6.07, 6.45) is 4.14. The topological polar surface area (TPSA) is 73.2 Å². The van der Waals surface area contributed by atoms with Crippen LogP contribution in [0.15, 0.2) is 24.3 Å². The molecule has 126 valence electrons. The molecule has 24 heavy (non-hydrogen) atoms. The Hall–Kier alpha value is -2.00. The van der Waals surface area contributed by atoms with Crippen molar-refractivity contribution in [1.82, 2.24) is 10.2 Å². The molecule has 1 aliphatic heterocycles. The molecule has 0 spiro atoms. The molecule has 0 bridgehead atoms. The number of carbonyl (C=O) groups is 2. The molecule has 1 saturated carbocycles. The summed E-state index contributed by atoms with van der Waals surface area (Å²) in [5, 5.41) is 11.8. The van der Waals surface area contributed by atoms with Gasteiger partial charge >= 0.3 is 0 Å². The first-order valence-corrected chi connectivity index (χ1v) is 9.49. The number of thioether (sulfide) groups is 1. The van der Waals surface area contributed by atoms with Crippen LogP contribution in [0.3, 0.4) is 0 Å². The maximum absolute atomic E-state index is 12.6. The number of carbonyl (C=O) groups excluding carboxylic acids is 2. The van der Waals surface area contributed by atoms with Crippen molar-refractivity contribution >= 4 is 23.6 Å². The van der Waals surface area contributed by atoms with Crippen molar-refractivity contribution < 1.29 is 9.59 Å². The lowest BCUT2D eigenvalue weighted by Crippen LogP contribution is -2.48. The number of nitriles is 1. The summed E-state index contributed by atoms with van der Waals surface area (Å²) in [4.78, 5) is 26.9. The molecule has 1 aromatic rings. The minimum Gasteiger partial charge on any atom is -0.350 e. The third kappa shape index (κ3) is 3.73. The predicted molar refractivity (Wildman–Crippen MR) is 92.9 cm³/mol. The lowest BCUT2D eigenvalue weighted by atomic mass is 10.1. The second-order valence-corrected chi connectivity index (χ2v) is 7.33. The van der Waals surface area contributed by atoms with Gasteiger partial charge in [-0.1, -0.05) is 25.0 Å². The van der Waals surface area contributed by atoms with Gasteiger partial charge in [-0.3, -0.25) is 9.59 Å². The number of nitrogens with zero attached hydrogens (tertiary/aromatic N) is 2. The summed E-state index contributed by atoms with van der Waals surface area (Å²) in [6.45, 7) is 0.376. The number of benzene rings is 1. The summed E-state index contributed by atoms with van der Waals surface area (Å²) in [7, 11) is 0. The lowest BCUT2D eigenvalue weighted by Gasteiger charge is -2.25. The minimum atomic E-state index is -0.373. The van der Waals surface area contributed by atoms with Gasteiger partial charge in [0, 0.05) is 18.2 Å². The number of hydrogen-bond acceptors (Lipinski definition) is 4. The van der Waals surface area contributed by atoms with Gasteiger partial charge in [0.1, 0.15) is 6.04 Å². The smallest absolute Gasteiger partial charge is 0.243 e. The zero-order valence-electron chi connectivity index (χ0n) is 13.5. The van der Waals surface area contributed by atoms with E-state index in [1.54, 1.807) is 34.9 Å². The van der Waals surface area contributed by atoms with E-state index in [2.05, 4.69) is 11.4 Å². The van der Waals surface area contributed by atoms with Gasteiger partial charge < -0.3 is 10.2 Å². The van der Waals surface area contributed by atoms with Crippen LogP contribution in [0.2, 0.25) is 0 Å². The fourth-order valence-electron chi connectivity index (χ4n) is 3.34. The molecule has 0 unspecified atom stereocenters. The van der Waals surface area contributed by atoms with Crippen molar-refractivity contribution in [2.24, 2.45) is 5.92 Å². The Morgan fingerprint density at radius 1 is 1.33 bits per heavy atom. The van der Waals surface area contributed by atoms with Gasteiger partial charge in [-0.15, -0.1) is 11.8 Å². The molecule has 1 heterocycles. The second-order valence-electron chi connectivity index (χ2n) is 6.34. The van der Waals surface area contributed by atoms with Crippen LogP contribution in [0, 0.1) is 17.2 Å². The van der Waals surface area contributed by atoms with Crippen LogP contribution in [0.1, 0.15) is 36.8 Å². The van der Waals surface area contributed by atoms with Crippen LogP contribution in [0.25, 0.3) is 0 Å². The third-order valence-corrected chi connectivity index (χ3v) is 5.71. The summed E-state index contributed by atoms with van der Waals surface area (Å²) >= 11 is 1.63.